The number of thiophene rings is 1. The highest BCUT2D eigenvalue weighted by Crippen LogP contribution is 2.30. The van der Waals surface area contributed by atoms with Gasteiger partial charge in [-0.1, -0.05) is 6.07 Å². The van der Waals surface area contributed by atoms with Crippen LogP contribution in [0.5, 0.6) is 0 Å². The molecular formula is C13H12F3NS. The van der Waals surface area contributed by atoms with Crippen molar-refractivity contribution in [2.75, 3.05) is 7.05 Å². The number of rotatable bonds is 3. The van der Waals surface area contributed by atoms with Crippen molar-refractivity contribution in [2.45, 2.75) is 13.0 Å². The molecule has 2 aromatic rings. The summed E-state index contributed by atoms with van der Waals surface area (Å²) in [6.07, 6.45) is 0. The molecule has 1 unspecified atom stereocenters. The molecule has 1 nitrogen and oxygen atoms in total. The predicted octanol–water partition coefficient (Wildman–Crippen LogP) is 3.78. The lowest BCUT2D eigenvalue weighted by atomic mass is 9.98. The van der Waals surface area contributed by atoms with Gasteiger partial charge < -0.3 is 5.32 Å². The molecule has 0 radical (unpaired) electrons. The van der Waals surface area contributed by atoms with Crippen molar-refractivity contribution in [3.05, 3.63) is 57.0 Å². The summed E-state index contributed by atoms with van der Waals surface area (Å²) in [5, 5.41) is 6.73. The van der Waals surface area contributed by atoms with E-state index in [1.54, 1.807) is 7.05 Å². The van der Waals surface area contributed by atoms with Crippen LogP contribution in [0.2, 0.25) is 0 Å². The third kappa shape index (κ3) is 2.15. The van der Waals surface area contributed by atoms with Gasteiger partial charge in [0.05, 0.1) is 6.04 Å². The Morgan fingerprint density at radius 2 is 1.78 bits per heavy atom. The van der Waals surface area contributed by atoms with Crippen molar-refractivity contribution < 1.29 is 13.2 Å². The summed E-state index contributed by atoms with van der Waals surface area (Å²) < 4.78 is 39.9. The van der Waals surface area contributed by atoms with Gasteiger partial charge in [0.2, 0.25) is 0 Å². The van der Waals surface area contributed by atoms with Gasteiger partial charge in [0.15, 0.2) is 17.5 Å². The lowest BCUT2D eigenvalue weighted by Gasteiger charge is -2.18. The molecule has 0 saturated carbocycles. The zero-order valence-corrected chi connectivity index (χ0v) is 10.7. The molecule has 1 N–H and O–H groups in total. The molecule has 1 aromatic heterocycles. The number of nitrogens with one attached hydrogen (secondary N) is 1. The minimum atomic E-state index is -1.43. The van der Waals surface area contributed by atoms with E-state index in [2.05, 4.69) is 5.32 Å². The largest absolute Gasteiger partial charge is 0.309 e. The zero-order chi connectivity index (χ0) is 13.3. The van der Waals surface area contributed by atoms with Crippen molar-refractivity contribution in [3.8, 4) is 0 Å². The fourth-order valence-corrected chi connectivity index (χ4v) is 2.79. The maximum atomic E-state index is 13.8. The number of halogens is 3. The Hall–Kier alpha value is -1.33. The van der Waals surface area contributed by atoms with Crippen LogP contribution in [-0.2, 0) is 0 Å². The van der Waals surface area contributed by atoms with Gasteiger partial charge in [-0.3, -0.25) is 0 Å². The van der Waals surface area contributed by atoms with Crippen LogP contribution < -0.4 is 5.32 Å². The van der Waals surface area contributed by atoms with Gasteiger partial charge in [-0.15, -0.1) is 0 Å². The molecule has 0 amide bonds. The Morgan fingerprint density at radius 1 is 1.06 bits per heavy atom. The van der Waals surface area contributed by atoms with Gasteiger partial charge in [-0.25, -0.2) is 13.2 Å². The molecule has 96 valence electrons. The summed E-state index contributed by atoms with van der Waals surface area (Å²) in [4.78, 5) is 0. The lowest BCUT2D eigenvalue weighted by Crippen LogP contribution is -2.20. The van der Waals surface area contributed by atoms with Gasteiger partial charge in [-0.2, -0.15) is 11.3 Å². The summed E-state index contributed by atoms with van der Waals surface area (Å²) >= 11 is 1.49. The Morgan fingerprint density at radius 3 is 2.33 bits per heavy atom. The van der Waals surface area contributed by atoms with Crippen LogP contribution in [0.3, 0.4) is 0 Å². The van der Waals surface area contributed by atoms with E-state index in [0.717, 1.165) is 17.2 Å². The SMILES string of the molecule is CNC(c1cscc1C)c1ccc(F)c(F)c1F. The Balaban J connectivity index is 2.53. The van der Waals surface area contributed by atoms with E-state index in [-0.39, 0.29) is 5.56 Å². The second kappa shape index (κ2) is 5.12. The monoisotopic (exact) mass is 271 g/mol. The van der Waals surface area contributed by atoms with E-state index in [1.165, 1.54) is 17.4 Å². The van der Waals surface area contributed by atoms with E-state index in [0.29, 0.717) is 0 Å². The Bertz CT molecular complexity index is 565. The van der Waals surface area contributed by atoms with Gasteiger partial charge in [0.25, 0.3) is 0 Å². The number of hydrogen-bond acceptors (Lipinski definition) is 2. The van der Waals surface area contributed by atoms with Crippen LogP contribution >= 0.6 is 11.3 Å². The summed E-state index contributed by atoms with van der Waals surface area (Å²) in [5.74, 6) is -3.74. The van der Waals surface area contributed by atoms with E-state index in [1.807, 2.05) is 17.7 Å². The standard InChI is InChI=1S/C13H12F3NS/c1-7-5-18-6-9(7)13(17-2)8-3-4-10(14)12(16)11(8)15/h3-6,13,17H,1-2H3. The maximum absolute atomic E-state index is 13.8. The first kappa shape index (κ1) is 13.1. The number of hydrogen-bond donors (Lipinski definition) is 1. The van der Waals surface area contributed by atoms with Crippen molar-refractivity contribution in [1.82, 2.24) is 5.32 Å². The zero-order valence-electron chi connectivity index (χ0n) is 9.93. The first-order valence-corrected chi connectivity index (χ1v) is 6.34. The van der Waals surface area contributed by atoms with Crippen LogP contribution in [-0.4, -0.2) is 7.05 Å². The van der Waals surface area contributed by atoms with Crippen molar-refractivity contribution in [3.63, 3.8) is 0 Å². The van der Waals surface area contributed by atoms with E-state index in [4.69, 9.17) is 0 Å². The second-order valence-electron chi connectivity index (χ2n) is 4.00. The fraction of sp³-hybridized carbons (Fsp3) is 0.231. The molecule has 2 rings (SSSR count). The molecule has 1 heterocycles. The third-order valence-corrected chi connectivity index (χ3v) is 3.75. The van der Waals surface area contributed by atoms with Crippen LogP contribution in [0.15, 0.2) is 22.9 Å². The molecule has 0 aliphatic carbocycles. The third-order valence-electron chi connectivity index (χ3n) is 2.87. The topological polar surface area (TPSA) is 12.0 Å². The van der Waals surface area contributed by atoms with Crippen LogP contribution in [0.4, 0.5) is 13.2 Å². The molecule has 0 aliphatic rings. The molecule has 0 bridgehead atoms. The van der Waals surface area contributed by atoms with Gasteiger partial charge in [-0.05, 0) is 41.9 Å². The number of aryl methyl sites for hydroxylation is 1. The molecule has 1 aromatic carbocycles. The first-order chi connectivity index (χ1) is 8.56. The van der Waals surface area contributed by atoms with E-state index < -0.39 is 23.5 Å². The second-order valence-corrected chi connectivity index (χ2v) is 4.74. The van der Waals surface area contributed by atoms with Crippen molar-refractivity contribution in [2.24, 2.45) is 0 Å². The van der Waals surface area contributed by atoms with Gasteiger partial charge in [0.1, 0.15) is 0 Å². The highest BCUT2D eigenvalue weighted by atomic mass is 32.1. The molecule has 18 heavy (non-hydrogen) atoms. The highest BCUT2D eigenvalue weighted by Gasteiger charge is 2.22. The van der Waals surface area contributed by atoms with Crippen LogP contribution in [0, 0.1) is 24.4 Å². The quantitative estimate of drug-likeness (QED) is 0.838. The van der Waals surface area contributed by atoms with Gasteiger partial charge >= 0.3 is 0 Å². The van der Waals surface area contributed by atoms with Crippen LogP contribution in [0.25, 0.3) is 0 Å². The highest BCUT2D eigenvalue weighted by molar-refractivity contribution is 7.08. The average Bonchev–Trinajstić information content (AvgIpc) is 2.77. The number of benzene rings is 1. The minimum absolute atomic E-state index is 0.109. The molecule has 5 heteroatoms. The summed E-state index contributed by atoms with van der Waals surface area (Å²) in [6, 6.07) is 1.73. The first-order valence-electron chi connectivity index (χ1n) is 5.39. The fourth-order valence-electron chi connectivity index (χ4n) is 1.91. The smallest absolute Gasteiger partial charge is 0.194 e. The van der Waals surface area contributed by atoms with Gasteiger partial charge in [0, 0.05) is 5.56 Å². The van der Waals surface area contributed by atoms with E-state index >= 15 is 0 Å². The summed E-state index contributed by atoms with van der Waals surface area (Å²) in [7, 11) is 1.66. The van der Waals surface area contributed by atoms with E-state index in [9.17, 15) is 13.2 Å². The Kier molecular flexibility index (Phi) is 3.73. The summed E-state index contributed by atoms with van der Waals surface area (Å²) in [6.45, 7) is 1.90. The van der Waals surface area contributed by atoms with Crippen LogP contribution in [0.1, 0.15) is 22.7 Å². The lowest BCUT2D eigenvalue weighted by molar-refractivity contribution is 0.435. The molecule has 0 aliphatic heterocycles. The normalized spacial score (nSPS) is 12.7. The average molecular weight is 271 g/mol. The summed E-state index contributed by atoms with van der Waals surface area (Å²) in [5.41, 5.74) is 1.97. The molecular weight excluding hydrogens is 259 g/mol. The Labute approximate surface area is 107 Å². The van der Waals surface area contributed by atoms with Crippen molar-refractivity contribution in [1.29, 1.82) is 0 Å². The maximum Gasteiger partial charge on any atom is 0.194 e. The molecule has 0 fully saturated rings. The molecule has 0 spiro atoms. The molecule has 0 saturated heterocycles. The predicted molar refractivity (Wildman–Crippen MR) is 66.3 cm³/mol. The molecule has 1 atom stereocenters. The van der Waals surface area contributed by atoms with Crippen molar-refractivity contribution >= 4 is 11.3 Å². The minimum Gasteiger partial charge on any atom is -0.309 e.